The Kier molecular flexibility index (Phi) is 3.79. The number of hydrogen-bond acceptors (Lipinski definition) is 3. The van der Waals surface area contributed by atoms with Gasteiger partial charge in [-0.15, -0.1) is 0 Å². The predicted molar refractivity (Wildman–Crippen MR) is 87.7 cm³/mol. The molecule has 120 valence electrons. The lowest BCUT2D eigenvalue weighted by atomic mass is 9.84. The fraction of sp³-hybridized carbons (Fsp3) is 0.389. The Morgan fingerprint density at radius 1 is 1.17 bits per heavy atom. The van der Waals surface area contributed by atoms with Crippen molar-refractivity contribution in [3.05, 3.63) is 48.2 Å². The zero-order valence-electron chi connectivity index (χ0n) is 13.0. The van der Waals surface area contributed by atoms with Crippen LogP contribution in [0.1, 0.15) is 23.2 Å². The first-order chi connectivity index (χ1) is 11.3. The molecule has 0 radical (unpaired) electrons. The van der Waals surface area contributed by atoms with Crippen LogP contribution in [0.4, 0.5) is 0 Å². The molecule has 1 aromatic heterocycles. The third-order valence-electron chi connectivity index (χ3n) is 4.89. The molecule has 3 saturated heterocycles. The van der Waals surface area contributed by atoms with Gasteiger partial charge in [-0.25, -0.2) is 0 Å². The van der Waals surface area contributed by atoms with E-state index >= 15 is 0 Å². The van der Waals surface area contributed by atoms with Crippen LogP contribution in [0.2, 0.25) is 0 Å². The molecule has 23 heavy (non-hydrogen) atoms. The molecular weight excluding hydrogens is 290 g/mol. The number of aromatic amines is 1. The van der Waals surface area contributed by atoms with E-state index in [1.165, 1.54) is 25.9 Å². The molecule has 1 aromatic carbocycles. The van der Waals surface area contributed by atoms with Crippen molar-refractivity contribution in [1.82, 2.24) is 15.2 Å². The molecule has 2 aromatic rings. The third-order valence-corrected chi connectivity index (χ3v) is 4.89. The van der Waals surface area contributed by atoms with Crippen LogP contribution in [0, 0.1) is 5.92 Å². The van der Waals surface area contributed by atoms with Crippen molar-refractivity contribution < 1.29 is 9.53 Å². The van der Waals surface area contributed by atoms with Crippen LogP contribution in [0.3, 0.4) is 0 Å². The molecule has 3 aliphatic rings. The van der Waals surface area contributed by atoms with Crippen LogP contribution in [-0.2, 0) is 0 Å². The largest absolute Gasteiger partial charge is 0.441 e. The van der Waals surface area contributed by atoms with Gasteiger partial charge in [0.05, 0.1) is 0 Å². The molecule has 3 fully saturated rings. The fourth-order valence-electron chi connectivity index (χ4n) is 3.56. The van der Waals surface area contributed by atoms with Gasteiger partial charge in [0.25, 0.3) is 5.91 Å². The Labute approximate surface area is 135 Å². The highest BCUT2D eigenvalue weighted by Crippen LogP contribution is 2.27. The molecule has 1 atom stereocenters. The molecule has 2 bridgehead atoms. The Bertz CT molecular complexity index is 658. The van der Waals surface area contributed by atoms with Crippen molar-refractivity contribution in [2.45, 2.75) is 18.9 Å². The summed E-state index contributed by atoms with van der Waals surface area (Å²) in [5.74, 6) is 2.05. The first-order valence-corrected chi connectivity index (χ1v) is 8.22. The van der Waals surface area contributed by atoms with E-state index in [2.05, 4.69) is 15.2 Å². The summed E-state index contributed by atoms with van der Waals surface area (Å²) in [6.07, 6.45) is 4.22. The van der Waals surface area contributed by atoms with E-state index in [0.717, 1.165) is 6.54 Å². The molecule has 5 rings (SSSR count). The topological polar surface area (TPSA) is 57.4 Å². The second kappa shape index (κ2) is 6.08. The maximum absolute atomic E-state index is 12.4. The van der Waals surface area contributed by atoms with Crippen LogP contribution < -0.4 is 10.1 Å². The van der Waals surface area contributed by atoms with Gasteiger partial charge in [-0.1, -0.05) is 0 Å². The Morgan fingerprint density at radius 2 is 1.96 bits per heavy atom. The number of fused-ring (bicyclic) bond motifs is 3. The SMILES string of the molecule is O=C(NC1CN2CCC1CC2)c1ccc(Oc2ccc[nH]2)cc1. The zero-order valence-corrected chi connectivity index (χ0v) is 13.0. The number of benzene rings is 1. The summed E-state index contributed by atoms with van der Waals surface area (Å²) >= 11 is 0. The maximum atomic E-state index is 12.4. The number of carbonyl (C=O) groups is 1. The van der Waals surface area contributed by atoms with E-state index in [1.807, 2.05) is 42.6 Å². The standard InChI is InChI=1S/C18H21N3O2/c22-18(20-16-12-21-10-7-13(16)8-11-21)14-3-5-15(6-4-14)23-17-2-1-9-19-17/h1-6,9,13,16,19H,7-8,10-12H2,(H,20,22). The van der Waals surface area contributed by atoms with E-state index in [1.54, 1.807) is 0 Å². The molecule has 5 nitrogen and oxygen atoms in total. The smallest absolute Gasteiger partial charge is 0.251 e. The Balaban J connectivity index is 1.38. The molecule has 0 aliphatic carbocycles. The van der Waals surface area contributed by atoms with Gasteiger partial charge in [0, 0.05) is 30.4 Å². The van der Waals surface area contributed by atoms with E-state index in [0.29, 0.717) is 29.2 Å². The van der Waals surface area contributed by atoms with Crippen molar-refractivity contribution in [3.63, 3.8) is 0 Å². The molecule has 1 amide bonds. The number of H-pyrrole nitrogens is 1. The van der Waals surface area contributed by atoms with E-state index in [4.69, 9.17) is 4.74 Å². The predicted octanol–water partition coefficient (Wildman–Crippen LogP) is 2.63. The van der Waals surface area contributed by atoms with E-state index in [-0.39, 0.29) is 5.91 Å². The number of rotatable bonds is 4. The van der Waals surface area contributed by atoms with Gasteiger partial charge < -0.3 is 19.9 Å². The highest BCUT2D eigenvalue weighted by Gasteiger charge is 2.34. The average Bonchev–Trinajstić information content (AvgIpc) is 3.09. The highest BCUT2D eigenvalue weighted by atomic mass is 16.5. The lowest BCUT2D eigenvalue weighted by Crippen LogP contribution is -2.57. The number of ether oxygens (including phenoxy) is 1. The molecular formula is C18H21N3O2. The van der Waals surface area contributed by atoms with Gasteiger partial charge >= 0.3 is 0 Å². The summed E-state index contributed by atoms with van der Waals surface area (Å²) in [4.78, 5) is 17.9. The number of carbonyl (C=O) groups excluding carboxylic acids is 1. The van der Waals surface area contributed by atoms with Crippen molar-refractivity contribution in [2.24, 2.45) is 5.92 Å². The van der Waals surface area contributed by atoms with Crippen molar-refractivity contribution in [1.29, 1.82) is 0 Å². The number of aromatic nitrogens is 1. The average molecular weight is 311 g/mol. The summed E-state index contributed by atoms with van der Waals surface area (Å²) in [7, 11) is 0. The highest BCUT2D eigenvalue weighted by molar-refractivity contribution is 5.94. The van der Waals surface area contributed by atoms with Crippen molar-refractivity contribution in [3.8, 4) is 11.6 Å². The van der Waals surface area contributed by atoms with Gasteiger partial charge in [0.2, 0.25) is 0 Å². The first kappa shape index (κ1) is 14.3. The molecule has 4 heterocycles. The summed E-state index contributed by atoms with van der Waals surface area (Å²) < 4.78 is 5.65. The van der Waals surface area contributed by atoms with Crippen LogP contribution in [0.5, 0.6) is 11.6 Å². The minimum absolute atomic E-state index is 0.00942. The molecule has 0 spiro atoms. The number of piperidine rings is 3. The quantitative estimate of drug-likeness (QED) is 0.912. The molecule has 5 heteroatoms. The molecule has 1 unspecified atom stereocenters. The van der Waals surface area contributed by atoms with Gasteiger partial charge in [0.15, 0.2) is 5.88 Å². The van der Waals surface area contributed by atoms with E-state index < -0.39 is 0 Å². The maximum Gasteiger partial charge on any atom is 0.251 e. The van der Waals surface area contributed by atoms with Gasteiger partial charge in [-0.3, -0.25) is 4.79 Å². The van der Waals surface area contributed by atoms with Gasteiger partial charge in [0.1, 0.15) is 5.75 Å². The zero-order chi connectivity index (χ0) is 15.6. The third kappa shape index (κ3) is 3.10. The van der Waals surface area contributed by atoms with Gasteiger partial charge in [-0.2, -0.15) is 0 Å². The Morgan fingerprint density at radius 3 is 2.57 bits per heavy atom. The second-order valence-electron chi connectivity index (χ2n) is 6.38. The lowest BCUT2D eigenvalue weighted by Gasteiger charge is -2.44. The summed E-state index contributed by atoms with van der Waals surface area (Å²) in [6, 6.07) is 11.3. The summed E-state index contributed by atoms with van der Waals surface area (Å²) in [5, 5.41) is 3.20. The number of amides is 1. The minimum Gasteiger partial charge on any atom is -0.441 e. The number of nitrogens with zero attached hydrogens (tertiary/aromatic N) is 1. The van der Waals surface area contributed by atoms with Crippen molar-refractivity contribution >= 4 is 5.91 Å². The monoisotopic (exact) mass is 311 g/mol. The minimum atomic E-state index is 0.00942. The molecule has 2 N–H and O–H groups in total. The second-order valence-corrected chi connectivity index (χ2v) is 6.38. The Hall–Kier alpha value is -2.27. The summed E-state index contributed by atoms with van der Waals surface area (Å²) in [5.41, 5.74) is 0.681. The first-order valence-electron chi connectivity index (χ1n) is 8.22. The van der Waals surface area contributed by atoms with Crippen molar-refractivity contribution in [2.75, 3.05) is 19.6 Å². The lowest BCUT2D eigenvalue weighted by molar-refractivity contribution is 0.0620. The van der Waals surface area contributed by atoms with E-state index in [9.17, 15) is 4.79 Å². The van der Waals surface area contributed by atoms with Crippen LogP contribution >= 0.6 is 0 Å². The van der Waals surface area contributed by atoms with Gasteiger partial charge in [-0.05, 0) is 62.2 Å². The van der Waals surface area contributed by atoms with Crippen LogP contribution in [-0.4, -0.2) is 41.5 Å². The number of hydrogen-bond donors (Lipinski definition) is 2. The summed E-state index contributed by atoms with van der Waals surface area (Å²) in [6.45, 7) is 3.36. The van der Waals surface area contributed by atoms with Crippen LogP contribution in [0.25, 0.3) is 0 Å². The van der Waals surface area contributed by atoms with Crippen LogP contribution in [0.15, 0.2) is 42.6 Å². The molecule has 0 saturated carbocycles. The normalized spacial score (nSPS) is 26.0. The number of nitrogens with one attached hydrogen (secondary N) is 2. The fourth-order valence-corrected chi connectivity index (χ4v) is 3.56. The molecule has 3 aliphatic heterocycles.